The summed E-state index contributed by atoms with van der Waals surface area (Å²) in [6, 6.07) is 12.9. The third kappa shape index (κ3) is 3.22. The van der Waals surface area contributed by atoms with Crippen LogP contribution in [-0.2, 0) is 16.0 Å². The highest BCUT2D eigenvalue weighted by molar-refractivity contribution is 5.99. The third-order valence-electron chi connectivity index (χ3n) is 5.11. The summed E-state index contributed by atoms with van der Waals surface area (Å²) in [5, 5.41) is 0. The number of carbonyl (C=O) groups is 2. The standard InChI is InChI=1S/C22H21N3O3/c1-13-10-16-6-4-5-7-20(16)25(13)21(26)12-28-22(27)17-8-9-18-19(11-17)24-15(3)14(2)23-18/h4-9,11,13H,10,12H2,1-3H3/t13-/m0/s1. The van der Waals surface area contributed by atoms with Gasteiger partial charge in [0.15, 0.2) is 6.61 Å². The van der Waals surface area contributed by atoms with Gasteiger partial charge in [0.25, 0.3) is 5.91 Å². The molecule has 1 aliphatic rings. The summed E-state index contributed by atoms with van der Waals surface area (Å²) in [6.45, 7) is 5.47. The van der Waals surface area contributed by atoms with E-state index in [0.29, 0.717) is 11.1 Å². The van der Waals surface area contributed by atoms with E-state index in [1.165, 1.54) is 0 Å². The lowest BCUT2D eigenvalue weighted by Gasteiger charge is -2.22. The molecule has 1 atom stereocenters. The molecule has 2 heterocycles. The normalized spacial score (nSPS) is 15.5. The van der Waals surface area contributed by atoms with Gasteiger partial charge in [-0.05, 0) is 57.0 Å². The topological polar surface area (TPSA) is 72.4 Å². The summed E-state index contributed by atoms with van der Waals surface area (Å²) >= 11 is 0. The van der Waals surface area contributed by atoms with Crippen LogP contribution in [0.5, 0.6) is 0 Å². The van der Waals surface area contributed by atoms with Crippen LogP contribution in [0, 0.1) is 13.8 Å². The van der Waals surface area contributed by atoms with Crippen molar-refractivity contribution in [3.63, 3.8) is 0 Å². The Bertz CT molecular complexity index is 1090. The maximum Gasteiger partial charge on any atom is 0.338 e. The number of anilines is 1. The molecule has 1 aromatic heterocycles. The van der Waals surface area contributed by atoms with E-state index in [1.54, 1.807) is 23.1 Å². The molecule has 0 fully saturated rings. The molecule has 28 heavy (non-hydrogen) atoms. The van der Waals surface area contributed by atoms with E-state index in [-0.39, 0.29) is 18.6 Å². The van der Waals surface area contributed by atoms with Crippen molar-refractivity contribution in [1.82, 2.24) is 9.97 Å². The molecule has 2 aromatic carbocycles. The lowest BCUT2D eigenvalue weighted by atomic mass is 10.1. The Morgan fingerprint density at radius 3 is 2.57 bits per heavy atom. The van der Waals surface area contributed by atoms with Crippen molar-refractivity contribution in [3.05, 3.63) is 65.0 Å². The minimum Gasteiger partial charge on any atom is -0.452 e. The van der Waals surface area contributed by atoms with E-state index < -0.39 is 5.97 Å². The molecule has 0 saturated heterocycles. The Labute approximate surface area is 163 Å². The second-order valence-electron chi connectivity index (χ2n) is 7.12. The Hall–Kier alpha value is -3.28. The first-order valence-corrected chi connectivity index (χ1v) is 9.26. The molecule has 0 N–H and O–H groups in total. The first-order valence-electron chi connectivity index (χ1n) is 9.26. The summed E-state index contributed by atoms with van der Waals surface area (Å²) in [4.78, 5) is 35.8. The highest BCUT2D eigenvalue weighted by Gasteiger charge is 2.31. The monoisotopic (exact) mass is 375 g/mol. The quantitative estimate of drug-likeness (QED) is 0.656. The first kappa shape index (κ1) is 18.1. The molecule has 0 spiro atoms. The van der Waals surface area contributed by atoms with Gasteiger partial charge in [-0.25, -0.2) is 14.8 Å². The SMILES string of the molecule is Cc1nc2ccc(C(=O)OCC(=O)N3c4ccccc4C[C@@H]3C)cc2nc1C. The van der Waals surface area contributed by atoms with E-state index in [9.17, 15) is 9.59 Å². The van der Waals surface area contributed by atoms with Gasteiger partial charge >= 0.3 is 5.97 Å². The van der Waals surface area contributed by atoms with Crippen molar-refractivity contribution in [2.45, 2.75) is 33.2 Å². The summed E-state index contributed by atoms with van der Waals surface area (Å²) < 4.78 is 5.29. The number of fused-ring (bicyclic) bond motifs is 2. The smallest absolute Gasteiger partial charge is 0.338 e. The summed E-state index contributed by atoms with van der Waals surface area (Å²) in [7, 11) is 0. The molecule has 0 bridgehead atoms. The van der Waals surface area contributed by atoms with Gasteiger partial charge in [0.2, 0.25) is 0 Å². The minimum atomic E-state index is -0.546. The Morgan fingerprint density at radius 1 is 1.07 bits per heavy atom. The van der Waals surface area contributed by atoms with Crippen LogP contribution in [0.1, 0.15) is 34.2 Å². The van der Waals surface area contributed by atoms with Gasteiger partial charge in [-0.2, -0.15) is 0 Å². The van der Waals surface area contributed by atoms with Crippen molar-refractivity contribution in [2.75, 3.05) is 11.5 Å². The van der Waals surface area contributed by atoms with E-state index in [0.717, 1.165) is 34.6 Å². The van der Waals surface area contributed by atoms with Crippen LogP contribution in [0.25, 0.3) is 11.0 Å². The molecule has 6 heteroatoms. The van der Waals surface area contributed by atoms with Crippen molar-refractivity contribution in [1.29, 1.82) is 0 Å². The Kier molecular flexibility index (Phi) is 4.55. The summed E-state index contributed by atoms with van der Waals surface area (Å²) in [5.74, 6) is -0.770. The average Bonchev–Trinajstić information content (AvgIpc) is 3.02. The van der Waals surface area contributed by atoms with Crippen molar-refractivity contribution < 1.29 is 14.3 Å². The molecule has 6 nitrogen and oxygen atoms in total. The van der Waals surface area contributed by atoms with Crippen molar-refractivity contribution in [3.8, 4) is 0 Å². The summed E-state index contributed by atoms with van der Waals surface area (Å²) in [6.07, 6.45) is 0.804. The van der Waals surface area contributed by atoms with Gasteiger partial charge in [-0.15, -0.1) is 0 Å². The van der Waals surface area contributed by atoms with E-state index in [4.69, 9.17) is 4.74 Å². The lowest BCUT2D eigenvalue weighted by Crippen LogP contribution is -2.38. The van der Waals surface area contributed by atoms with Crippen LogP contribution < -0.4 is 4.90 Å². The fourth-order valence-electron chi connectivity index (χ4n) is 3.58. The number of rotatable bonds is 3. The van der Waals surface area contributed by atoms with Crippen molar-refractivity contribution in [2.24, 2.45) is 0 Å². The molecule has 3 aromatic rings. The van der Waals surface area contributed by atoms with Crippen LogP contribution in [0.3, 0.4) is 0 Å². The lowest BCUT2D eigenvalue weighted by molar-refractivity contribution is -0.122. The zero-order valence-electron chi connectivity index (χ0n) is 16.1. The number of amides is 1. The van der Waals surface area contributed by atoms with Crippen LogP contribution in [0.4, 0.5) is 5.69 Å². The molecule has 0 aliphatic carbocycles. The number of esters is 1. The van der Waals surface area contributed by atoms with Crippen LogP contribution in [-0.4, -0.2) is 34.5 Å². The molecular weight excluding hydrogens is 354 g/mol. The number of ether oxygens (including phenoxy) is 1. The second-order valence-corrected chi connectivity index (χ2v) is 7.12. The third-order valence-corrected chi connectivity index (χ3v) is 5.11. The molecule has 1 amide bonds. The molecule has 0 saturated carbocycles. The van der Waals surface area contributed by atoms with Gasteiger partial charge < -0.3 is 9.64 Å². The predicted molar refractivity (Wildman–Crippen MR) is 106 cm³/mol. The van der Waals surface area contributed by atoms with Gasteiger partial charge in [0, 0.05) is 11.7 Å². The minimum absolute atomic E-state index is 0.0470. The number of benzene rings is 2. The van der Waals surface area contributed by atoms with Gasteiger partial charge in [0.1, 0.15) is 0 Å². The van der Waals surface area contributed by atoms with Crippen LogP contribution in [0.15, 0.2) is 42.5 Å². The Morgan fingerprint density at radius 2 is 1.79 bits per heavy atom. The molecule has 0 unspecified atom stereocenters. The van der Waals surface area contributed by atoms with Crippen LogP contribution in [0.2, 0.25) is 0 Å². The average molecular weight is 375 g/mol. The van der Waals surface area contributed by atoms with Crippen molar-refractivity contribution >= 4 is 28.6 Å². The molecular formula is C22H21N3O3. The highest BCUT2D eigenvalue weighted by atomic mass is 16.5. The number of carbonyl (C=O) groups excluding carboxylic acids is 2. The number of aromatic nitrogens is 2. The number of aryl methyl sites for hydroxylation is 2. The van der Waals surface area contributed by atoms with E-state index in [2.05, 4.69) is 9.97 Å². The van der Waals surface area contributed by atoms with Crippen LogP contribution >= 0.6 is 0 Å². The maximum atomic E-state index is 12.7. The first-order chi connectivity index (χ1) is 13.4. The second kappa shape index (κ2) is 7.03. The summed E-state index contributed by atoms with van der Waals surface area (Å²) in [5.41, 5.74) is 5.40. The Balaban J connectivity index is 1.48. The zero-order chi connectivity index (χ0) is 19.8. The maximum absolute atomic E-state index is 12.7. The fraction of sp³-hybridized carbons (Fsp3) is 0.273. The fourth-order valence-corrected chi connectivity index (χ4v) is 3.58. The zero-order valence-corrected chi connectivity index (χ0v) is 16.1. The molecule has 4 rings (SSSR count). The van der Waals surface area contributed by atoms with E-state index >= 15 is 0 Å². The molecule has 1 aliphatic heterocycles. The number of hydrogen-bond donors (Lipinski definition) is 0. The number of nitrogens with zero attached hydrogens (tertiary/aromatic N) is 3. The highest BCUT2D eigenvalue weighted by Crippen LogP contribution is 2.31. The van der Waals surface area contributed by atoms with E-state index in [1.807, 2.05) is 45.0 Å². The predicted octanol–water partition coefficient (Wildman–Crippen LogP) is 3.38. The number of para-hydroxylation sites is 1. The molecule has 0 radical (unpaired) electrons. The van der Waals surface area contributed by atoms with Gasteiger partial charge in [-0.1, -0.05) is 18.2 Å². The largest absolute Gasteiger partial charge is 0.452 e. The molecule has 142 valence electrons. The number of hydrogen-bond acceptors (Lipinski definition) is 5. The van der Waals surface area contributed by atoms with Gasteiger partial charge in [-0.3, -0.25) is 4.79 Å². The van der Waals surface area contributed by atoms with Gasteiger partial charge in [0.05, 0.1) is 28.0 Å².